The number of ether oxygens (including phenoxy) is 1. The van der Waals surface area contributed by atoms with Gasteiger partial charge in [0.05, 0.1) is 0 Å². The zero-order valence-corrected chi connectivity index (χ0v) is 14.7. The van der Waals surface area contributed by atoms with Crippen molar-refractivity contribution in [3.8, 4) is 5.75 Å². The first kappa shape index (κ1) is 17.3. The van der Waals surface area contributed by atoms with Crippen molar-refractivity contribution in [1.29, 1.82) is 0 Å². The fourth-order valence-electron chi connectivity index (χ4n) is 3.12. The Morgan fingerprint density at radius 3 is 2.20 bits per heavy atom. The molecule has 1 saturated heterocycles. The molecule has 0 unspecified atom stereocenters. The van der Waals surface area contributed by atoms with E-state index in [-0.39, 0.29) is 18.3 Å². The van der Waals surface area contributed by atoms with Gasteiger partial charge < -0.3 is 14.5 Å². The summed E-state index contributed by atoms with van der Waals surface area (Å²) < 4.78 is 18.8. The molecule has 0 spiro atoms. The molecular weight excluding hydrogens is 319 g/mol. The summed E-state index contributed by atoms with van der Waals surface area (Å²) in [5.74, 6) is 0.559. The summed E-state index contributed by atoms with van der Waals surface area (Å²) in [4.78, 5) is 16.4. The fraction of sp³-hybridized carbons (Fsp3) is 0.350. The van der Waals surface area contributed by atoms with Crippen LogP contribution in [0.25, 0.3) is 0 Å². The van der Waals surface area contributed by atoms with Crippen molar-refractivity contribution in [3.05, 3.63) is 59.4 Å². The lowest BCUT2D eigenvalue weighted by Gasteiger charge is -2.36. The molecular formula is C20H23FN2O2. The molecule has 2 aromatic carbocycles. The van der Waals surface area contributed by atoms with Crippen LogP contribution in [0.4, 0.5) is 10.1 Å². The Balaban J connectivity index is 1.52. The number of amides is 1. The number of hydrogen-bond acceptors (Lipinski definition) is 3. The lowest BCUT2D eigenvalue weighted by Crippen LogP contribution is -2.50. The smallest absolute Gasteiger partial charge is 0.260 e. The zero-order valence-electron chi connectivity index (χ0n) is 14.7. The first-order valence-electron chi connectivity index (χ1n) is 8.52. The van der Waals surface area contributed by atoms with Crippen LogP contribution < -0.4 is 9.64 Å². The van der Waals surface area contributed by atoms with E-state index in [1.54, 1.807) is 12.1 Å². The van der Waals surface area contributed by atoms with Gasteiger partial charge in [-0.1, -0.05) is 18.2 Å². The van der Waals surface area contributed by atoms with E-state index in [1.807, 2.05) is 36.9 Å². The molecule has 0 radical (unpaired) electrons. The Morgan fingerprint density at radius 1 is 1.00 bits per heavy atom. The molecule has 0 atom stereocenters. The predicted molar refractivity (Wildman–Crippen MR) is 96.6 cm³/mol. The number of rotatable bonds is 4. The second-order valence-corrected chi connectivity index (χ2v) is 6.35. The van der Waals surface area contributed by atoms with Crippen molar-refractivity contribution in [2.24, 2.45) is 0 Å². The van der Waals surface area contributed by atoms with Gasteiger partial charge in [0.15, 0.2) is 6.61 Å². The molecule has 0 saturated carbocycles. The molecule has 0 N–H and O–H groups in total. The average Bonchev–Trinajstić information content (AvgIpc) is 2.62. The molecule has 0 bridgehead atoms. The van der Waals surface area contributed by atoms with Gasteiger partial charge in [0.2, 0.25) is 0 Å². The number of carbonyl (C=O) groups is 1. The molecule has 1 heterocycles. The van der Waals surface area contributed by atoms with Crippen LogP contribution in [0, 0.1) is 19.7 Å². The van der Waals surface area contributed by atoms with Crippen LogP contribution in [-0.2, 0) is 4.79 Å². The lowest BCUT2D eigenvalue weighted by molar-refractivity contribution is -0.133. The summed E-state index contributed by atoms with van der Waals surface area (Å²) in [7, 11) is 0. The summed E-state index contributed by atoms with van der Waals surface area (Å²) in [6.45, 7) is 6.78. The number of aryl methyl sites for hydroxylation is 2. The summed E-state index contributed by atoms with van der Waals surface area (Å²) in [6.07, 6.45) is 0. The molecule has 1 aliphatic rings. The minimum Gasteiger partial charge on any atom is -0.483 e. The number of para-hydroxylation sites is 1. The molecule has 132 valence electrons. The molecule has 1 amide bonds. The van der Waals surface area contributed by atoms with E-state index in [9.17, 15) is 9.18 Å². The van der Waals surface area contributed by atoms with Crippen LogP contribution in [-0.4, -0.2) is 43.6 Å². The van der Waals surface area contributed by atoms with Gasteiger partial charge in [0, 0.05) is 31.9 Å². The Labute approximate surface area is 147 Å². The van der Waals surface area contributed by atoms with E-state index in [2.05, 4.69) is 4.90 Å². The fourth-order valence-corrected chi connectivity index (χ4v) is 3.12. The van der Waals surface area contributed by atoms with Crippen molar-refractivity contribution in [2.75, 3.05) is 37.7 Å². The van der Waals surface area contributed by atoms with E-state index in [0.29, 0.717) is 13.1 Å². The molecule has 3 rings (SSSR count). The highest BCUT2D eigenvalue weighted by Gasteiger charge is 2.22. The lowest BCUT2D eigenvalue weighted by atomic mass is 10.1. The number of carbonyl (C=O) groups excluding carboxylic acids is 1. The second-order valence-electron chi connectivity index (χ2n) is 6.35. The maximum Gasteiger partial charge on any atom is 0.260 e. The summed E-state index contributed by atoms with van der Waals surface area (Å²) in [6, 6.07) is 12.4. The molecule has 1 aliphatic heterocycles. The van der Waals surface area contributed by atoms with Gasteiger partial charge in [-0.05, 0) is 49.2 Å². The van der Waals surface area contributed by atoms with Crippen molar-refractivity contribution in [2.45, 2.75) is 13.8 Å². The van der Waals surface area contributed by atoms with Crippen molar-refractivity contribution < 1.29 is 13.9 Å². The van der Waals surface area contributed by atoms with E-state index >= 15 is 0 Å². The van der Waals surface area contributed by atoms with Crippen LogP contribution in [0.2, 0.25) is 0 Å². The first-order chi connectivity index (χ1) is 12.0. The van der Waals surface area contributed by atoms with E-state index in [4.69, 9.17) is 4.74 Å². The van der Waals surface area contributed by atoms with Gasteiger partial charge in [-0.15, -0.1) is 0 Å². The highest BCUT2D eigenvalue weighted by Crippen LogP contribution is 2.22. The summed E-state index contributed by atoms with van der Waals surface area (Å²) >= 11 is 0. The third-order valence-electron chi connectivity index (χ3n) is 4.57. The summed E-state index contributed by atoms with van der Waals surface area (Å²) in [5.41, 5.74) is 3.06. The van der Waals surface area contributed by atoms with E-state index in [0.717, 1.165) is 35.7 Å². The Kier molecular flexibility index (Phi) is 5.22. The standard InChI is InChI=1S/C20H23FN2O2/c1-15-4-3-5-16(2)20(15)25-14-19(24)23-12-10-22(11-13-23)18-8-6-17(21)7-9-18/h3-9H,10-14H2,1-2H3. The highest BCUT2D eigenvalue weighted by molar-refractivity contribution is 5.78. The average molecular weight is 342 g/mol. The van der Waals surface area contributed by atoms with Gasteiger partial charge in [-0.25, -0.2) is 4.39 Å². The zero-order chi connectivity index (χ0) is 17.8. The minimum atomic E-state index is -0.235. The molecule has 4 nitrogen and oxygen atoms in total. The van der Waals surface area contributed by atoms with Gasteiger partial charge in [-0.3, -0.25) is 4.79 Å². The predicted octanol–water partition coefficient (Wildman–Crippen LogP) is 3.17. The van der Waals surface area contributed by atoms with Gasteiger partial charge in [0.1, 0.15) is 11.6 Å². The second kappa shape index (κ2) is 7.55. The SMILES string of the molecule is Cc1cccc(C)c1OCC(=O)N1CCN(c2ccc(F)cc2)CC1. The minimum absolute atomic E-state index is 0.00130. The molecule has 0 aromatic heterocycles. The quantitative estimate of drug-likeness (QED) is 0.856. The number of benzene rings is 2. The third-order valence-corrected chi connectivity index (χ3v) is 4.57. The van der Waals surface area contributed by atoms with Gasteiger partial charge in [-0.2, -0.15) is 0 Å². The largest absolute Gasteiger partial charge is 0.483 e. The van der Waals surface area contributed by atoms with Crippen LogP contribution in [0.5, 0.6) is 5.75 Å². The number of piperazine rings is 1. The Hall–Kier alpha value is -2.56. The van der Waals surface area contributed by atoms with E-state index in [1.165, 1.54) is 12.1 Å². The molecule has 2 aromatic rings. The molecule has 1 fully saturated rings. The van der Waals surface area contributed by atoms with Gasteiger partial charge >= 0.3 is 0 Å². The molecule has 0 aliphatic carbocycles. The molecule has 25 heavy (non-hydrogen) atoms. The van der Waals surface area contributed by atoms with E-state index < -0.39 is 0 Å². The van der Waals surface area contributed by atoms with Gasteiger partial charge in [0.25, 0.3) is 5.91 Å². The monoisotopic (exact) mass is 342 g/mol. The normalized spacial score (nSPS) is 14.5. The Bertz CT molecular complexity index is 718. The van der Waals surface area contributed by atoms with Crippen molar-refractivity contribution >= 4 is 11.6 Å². The maximum absolute atomic E-state index is 13.0. The number of anilines is 1. The van der Waals surface area contributed by atoms with Crippen LogP contribution in [0.3, 0.4) is 0 Å². The highest BCUT2D eigenvalue weighted by atomic mass is 19.1. The van der Waals surface area contributed by atoms with Crippen LogP contribution >= 0.6 is 0 Å². The van der Waals surface area contributed by atoms with Crippen molar-refractivity contribution in [3.63, 3.8) is 0 Å². The third kappa shape index (κ3) is 4.10. The topological polar surface area (TPSA) is 32.8 Å². The number of nitrogens with zero attached hydrogens (tertiary/aromatic N) is 2. The number of hydrogen-bond donors (Lipinski definition) is 0. The van der Waals surface area contributed by atoms with Crippen LogP contribution in [0.15, 0.2) is 42.5 Å². The maximum atomic E-state index is 13.0. The number of halogens is 1. The first-order valence-corrected chi connectivity index (χ1v) is 8.52. The van der Waals surface area contributed by atoms with Crippen LogP contribution in [0.1, 0.15) is 11.1 Å². The van der Waals surface area contributed by atoms with Crippen molar-refractivity contribution in [1.82, 2.24) is 4.90 Å². The molecule has 5 heteroatoms. The Morgan fingerprint density at radius 2 is 1.60 bits per heavy atom. The summed E-state index contributed by atoms with van der Waals surface area (Å²) in [5, 5.41) is 0.